The van der Waals surface area contributed by atoms with Crippen molar-refractivity contribution in [1.82, 2.24) is 10.2 Å². The highest BCUT2D eigenvalue weighted by Crippen LogP contribution is 2.18. The molecule has 4 nitrogen and oxygen atoms in total. The van der Waals surface area contributed by atoms with Crippen molar-refractivity contribution in [2.75, 3.05) is 0 Å². The predicted molar refractivity (Wildman–Crippen MR) is 126 cm³/mol. The number of nitrogens with zero attached hydrogens (tertiary/aromatic N) is 1. The van der Waals surface area contributed by atoms with Crippen LogP contribution in [0.3, 0.4) is 0 Å². The van der Waals surface area contributed by atoms with Crippen molar-refractivity contribution in [1.29, 1.82) is 0 Å². The fraction of sp³-hybridized carbons (Fsp3) is 0.440. The van der Waals surface area contributed by atoms with Crippen molar-refractivity contribution in [2.45, 2.75) is 72.0 Å². The highest BCUT2D eigenvalue weighted by Gasteiger charge is 2.26. The molecule has 0 aromatic heterocycles. The van der Waals surface area contributed by atoms with Gasteiger partial charge in [-0.1, -0.05) is 66.2 Å². The molecule has 1 N–H and O–H groups in total. The van der Waals surface area contributed by atoms with Crippen molar-refractivity contribution in [3.63, 3.8) is 0 Å². The highest BCUT2D eigenvalue weighted by molar-refractivity contribution is 9.10. The summed E-state index contributed by atoms with van der Waals surface area (Å²) < 4.78 is 0.986. The number of rotatable bonds is 9. The van der Waals surface area contributed by atoms with E-state index in [1.165, 1.54) is 5.56 Å². The third-order valence-corrected chi connectivity index (χ3v) is 5.67. The van der Waals surface area contributed by atoms with Gasteiger partial charge >= 0.3 is 0 Å². The molecule has 0 heterocycles. The molecule has 0 spiro atoms. The van der Waals surface area contributed by atoms with Gasteiger partial charge in [-0.2, -0.15) is 0 Å². The van der Waals surface area contributed by atoms with Gasteiger partial charge in [-0.25, -0.2) is 0 Å². The van der Waals surface area contributed by atoms with Crippen molar-refractivity contribution in [2.24, 2.45) is 0 Å². The number of carbonyl (C=O) groups excluding carboxylic acids is 2. The second-order valence-electron chi connectivity index (χ2n) is 8.38. The number of halogens is 1. The number of carbonyl (C=O) groups is 2. The summed E-state index contributed by atoms with van der Waals surface area (Å²) in [6, 6.07) is 15.8. The van der Waals surface area contributed by atoms with Crippen molar-refractivity contribution in [3.05, 3.63) is 69.7 Å². The number of amides is 2. The topological polar surface area (TPSA) is 49.4 Å². The summed E-state index contributed by atoms with van der Waals surface area (Å²) in [5.41, 5.74) is 3.42. The Morgan fingerprint density at radius 3 is 2.00 bits per heavy atom. The van der Waals surface area contributed by atoms with Gasteiger partial charge in [0.25, 0.3) is 0 Å². The van der Waals surface area contributed by atoms with E-state index in [2.05, 4.69) is 59.4 Å². The summed E-state index contributed by atoms with van der Waals surface area (Å²) in [6.07, 6.45) is 1.03. The number of benzene rings is 2. The van der Waals surface area contributed by atoms with Gasteiger partial charge in [-0.05, 0) is 61.9 Å². The lowest BCUT2D eigenvalue weighted by atomic mass is 10.00. The Balaban J connectivity index is 2.11. The number of aryl methyl sites for hydroxylation is 1. The fourth-order valence-electron chi connectivity index (χ4n) is 3.24. The highest BCUT2D eigenvalue weighted by atomic mass is 79.9. The van der Waals surface area contributed by atoms with Gasteiger partial charge in [0.15, 0.2) is 0 Å². The van der Waals surface area contributed by atoms with Crippen LogP contribution in [0.15, 0.2) is 53.0 Å². The summed E-state index contributed by atoms with van der Waals surface area (Å²) in [5, 5.41) is 2.92. The first-order chi connectivity index (χ1) is 14.2. The van der Waals surface area contributed by atoms with Gasteiger partial charge in [0.05, 0.1) is 0 Å². The normalized spacial score (nSPS) is 12.1. The summed E-state index contributed by atoms with van der Waals surface area (Å²) in [5.74, 6) is 0.344. The third-order valence-electron chi connectivity index (χ3n) is 5.14. The maximum absolute atomic E-state index is 13.1. The lowest BCUT2D eigenvalue weighted by molar-refractivity contribution is -0.140. The maximum Gasteiger partial charge on any atom is 0.242 e. The summed E-state index contributed by atoms with van der Waals surface area (Å²) in [7, 11) is 0. The van der Waals surface area contributed by atoms with Crippen LogP contribution in [0.4, 0.5) is 0 Å². The monoisotopic (exact) mass is 472 g/mol. The van der Waals surface area contributed by atoms with Crippen LogP contribution in [0.2, 0.25) is 0 Å². The largest absolute Gasteiger partial charge is 0.352 e. The minimum absolute atomic E-state index is 0.0164. The molecule has 0 saturated carbocycles. The first-order valence-electron chi connectivity index (χ1n) is 10.6. The summed E-state index contributed by atoms with van der Waals surface area (Å²) in [4.78, 5) is 27.4. The van der Waals surface area contributed by atoms with E-state index in [1.807, 2.05) is 38.1 Å². The average molecular weight is 473 g/mol. The zero-order valence-electron chi connectivity index (χ0n) is 18.6. The van der Waals surface area contributed by atoms with Crippen molar-refractivity contribution >= 4 is 27.7 Å². The second-order valence-corrected chi connectivity index (χ2v) is 9.30. The Kier molecular flexibility index (Phi) is 9.09. The van der Waals surface area contributed by atoms with E-state index in [1.54, 1.807) is 11.8 Å². The molecule has 2 rings (SSSR count). The van der Waals surface area contributed by atoms with E-state index in [0.717, 1.165) is 15.6 Å². The van der Waals surface area contributed by atoms with E-state index in [-0.39, 0.29) is 17.9 Å². The molecular formula is C25H33BrN2O2. The van der Waals surface area contributed by atoms with Crippen molar-refractivity contribution < 1.29 is 9.59 Å². The summed E-state index contributed by atoms with van der Waals surface area (Å²) >= 11 is 3.44. The smallest absolute Gasteiger partial charge is 0.242 e. The predicted octanol–water partition coefficient (Wildman–Crippen LogP) is 5.45. The molecule has 0 fully saturated rings. The molecule has 2 aromatic carbocycles. The Morgan fingerprint density at radius 2 is 1.47 bits per heavy atom. The van der Waals surface area contributed by atoms with Crippen LogP contribution < -0.4 is 5.32 Å². The molecule has 0 aliphatic rings. The minimum Gasteiger partial charge on any atom is -0.352 e. The van der Waals surface area contributed by atoms with E-state index < -0.39 is 6.04 Å². The van der Waals surface area contributed by atoms with Gasteiger partial charge in [0.2, 0.25) is 11.8 Å². The SMILES string of the molecule is CC(C)NC(=O)[C@@H](C)N(Cc1ccc(Br)cc1)C(=O)CCc1ccc(C(C)C)cc1. The van der Waals surface area contributed by atoms with E-state index in [9.17, 15) is 9.59 Å². The van der Waals surface area contributed by atoms with E-state index >= 15 is 0 Å². The second kappa shape index (κ2) is 11.3. The lowest BCUT2D eigenvalue weighted by Gasteiger charge is -2.29. The van der Waals surface area contributed by atoms with E-state index in [0.29, 0.717) is 25.3 Å². The average Bonchev–Trinajstić information content (AvgIpc) is 2.70. The Morgan fingerprint density at radius 1 is 0.900 bits per heavy atom. The van der Waals surface area contributed by atoms with Crippen LogP contribution in [-0.4, -0.2) is 28.8 Å². The molecule has 0 bridgehead atoms. The molecule has 2 aromatic rings. The van der Waals surface area contributed by atoms with Gasteiger partial charge in [0.1, 0.15) is 6.04 Å². The van der Waals surface area contributed by atoms with Crippen LogP contribution >= 0.6 is 15.9 Å². The number of hydrogen-bond donors (Lipinski definition) is 1. The van der Waals surface area contributed by atoms with E-state index in [4.69, 9.17) is 0 Å². The minimum atomic E-state index is -0.535. The van der Waals surface area contributed by atoms with Crippen LogP contribution in [0.25, 0.3) is 0 Å². The molecule has 0 aliphatic carbocycles. The molecule has 0 aliphatic heterocycles. The molecule has 1 atom stereocenters. The molecule has 0 unspecified atom stereocenters. The molecule has 162 valence electrons. The number of hydrogen-bond acceptors (Lipinski definition) is 2. The Labute approximate surface area is 189 Å². The molecule has 30 heavy (non-hydrogen) atoms. The third kappa shape index (κ3) is 7.28. The van der Waals surface area contributed by atoms with Gasteiger partial charge in [-0.3, -0.25) is 9.59 Å². The fourth-order valence-corrected chi connectivity index (χ4v) is 3.50. The van der Waals surface area contributed by atoms with Crippen LogP contribution in [0, 0.1) is 0 Å². The van der Waals surface area contributed by atoms with Gasteiger partial charge in [-0.15, -0.1) is 0 Å². The van der Waals surface area contributed by atoms with Gasteiger partial charge < -0.3 is 10.2 Å². The molecule has 0 saturated heterocycles. The van der Waals surface area contributed by atoms with Crippen molar-refractivity contribution in [3.8, 4) is 0 Å². The molecule has 5 heteroatoms. The van der Waals surface area contributed by atoms with Crippen LogP contribution in [0.1, 0.15) is 63.6 Å². The van der Waals surface area contributed by atoms with Gasteiger partial charge in [0, 0.05) is 23.5 Å². The molecule has 0 radical (unpaired) electrons. The summed E-state index contributed by atoms with van der Waals surface area (Å²) in [6.45, 7) is 10.4. The molecular weight excluding hydrogens is 440 g/mol. The van der Waals surface area contributed by atoms with Crippen LogP contribution in [0.5, 0.6) is 0 Å². The first kappa shape index (κ1) is 24.1. The maximum atomic E-state index is 13.1. The molecule has 2 amide bonds. The zero-order valence-corrected chi connectivity index (χ0v) is 20.2. The quantitative estimate of drug-likeness (QED) is 0.527. The number of nitrogens with one attached hydrogen (secondary N) is 1. The Bertz CT molecular complexity index is 829. The van der Waals surface area contributed by atoms with Crippen LogP contribution in [-0.2, 0) is 22.6 Å². The lowest BCUT2D eigenvalue weighted by Crippen LogP contribution is -2.49. The standard InChI is InChI=1S/C25H33BrN2O2/c1-17(2)22-11-6-20(7-12-22)10-15-24(29)28(19(5)25(30)27-18(3)4)16-21-8-13-23(26)14-9-21/h6-9,11-14,17-19H,10,15-16H2,1-5H3,(H,27,30)/t19-/m1/s1. The Hall–Kier alpha value is -2.14. The zero-order chi connectivity index (χ0) is 22.3. The first-order valence-corrected chi connectivity index (χ1v) is 11.4.